The number of nitrogens with two attached hydrogens (primary N) is 1. The van der Waals surface area contributed by atoms with Gasteiger partial charge in [-0.25, -0.2) is 4.79 Å². The van der Waals surface area contributed by atoms with Crippen molar-refractivity contribution in [2.24, 2.45) is 11.7 Å². The third-order valence-electron chi connectivity index (χ3n) is 4.94. The molecule has 1 aliphatic carbocycles. The summed E-state index contributed by atoms with van der Waals surface area (Å²) < 4.78 is 0. The molecule has 4 N–H and O–H groups in total. The highest BCUT2D eigenvalue weighted by Gasteiger charge is 2.49. The number of likely N-dealkylation sites (tertiary alicyclic amines) is 1. The monoisotopic (exact) mass is 294 g/mol. The van der Waals surface area contributed by atoms with Gasteiger partial charge in [0.1, 0.15) is 5.54 Å². The molecule has 1 spiro atoms. The van der Waals surface area contributed by atoms with E-state index in [9.17, 15) is 14.4 Å². The summed E-state index contributed by atoms with van der Waals surface area (Å²) in [6.07, 6.45) is 4.72. The number of carbonyl (C=O) groups is 3. The summed E-state index contributed by atoms with van der Waals surface area (Å²) in [5, 5.41) is 4.98. The Bertz CT molecular complexity index is 473. The van der Waals surface area contributed by atoms with Crippen LogP contribution in [0.25, 0.3) is 0 Å². The predicted octanol–water partition coefficient (Wildman–Crippen LogP) is -0.295. The second kappa shape index (κ2) is 5.29. The molecule has 3 fully saturated rings. The number of imide groups is 1. The summed E-state index contributed by atoms with van der Waals surface area (Å²) in [4.78, 5) is 37.8. The average molecular weight is 294 g/mol. The molecule has 3 aliphatic rings. The van der Waals surface area contributed by atoms with Crippen molar-refractivity contribution >= 4 is 17.8 Å². The van der Waals surface area contributed by atoms with Crippen LogP contribution in [0.4, 0.5) is 4.79 Å². The van der Waals surface area contributed by atoms with Crippen LogP contribution in [0.2, 0.25) is 0 Å². The van der Waals surface area contributed by atoms with Crippen molar-refractivity contribution in [2.75, 3.05) is 13.1 Å². The number of urea groups is 1. The lowest BCUT2D eigenvalue weighted by Gasteiger charge is -2.40. The summed E-state index contributed by atoms with van der Waals surface area (Å²) >= 11 is 0. The van der Waals surface area contributed by atoms with Crippen molar-refractivity contribution in [2.45, 2.75) is 50.1 Å². The van der Waals surface area contributed by atoms with Crippen molar-refractivity contribution in [3.8, 4) is 0 Å². The molecule has 1 atom stereocenters. The van der Waals surface area contributed by atoms with E-state index in [-0.39, 0.29) is 30.3 Å². The second-order valence-electron chi connectivity index (χ2n) is 6.47. The van der Waals surface area contributed by atoms with Gasteiger partial charge in [0.15, 0.2) is 0 Å². The lowest BCUT2D eigenvalue weighted by Crippen LogP contribution is -2.60. The number of rotatable bonds is 1. The van der Waals surface area contributed by atoms with Crippen LogP contribution in [0.1, 0.15) is 38.5 Å². The van der Waals surface area contributed by atoms with Gasteiger partial charge >= 0.3 is 6.03 Å². The van der Waals surface area contributed by atoms with E-state index >= 15 is 0 Å². The van der Waals surface area contributed by atoms with Gasteiger partial charge in [-0.1, -0.05) is 0 Å². The number of nitrogens with one attached hydrogen (secondary N) is 2. The third-order valence-corrected chi connectivity index (χ3v) is 4.94. The molecule has 1 saturated carbocycles. The van der Waals surface area contributed by atoms with E-state index < -0.39 is 11.6 Å². The molecular weight excluding hydrogens is 272 g/mol. The van der Waals surface area contributed by atoms with Crippen LogP contribution in [0, 0.1) is 5.92 Å². The van der Waals surface area contributed by atoms with Crippen LogP contribution in [-0.2, 0) is 9.59 Å². The Balaban J connectivity index is 1.67. The standard InChI is InChI=1S/C14H22N4O3/c15-10-4-2-9(3-5-10)11(19)18-7-1-6-14(8-18)12(20)16-13(21)17-14/h9-10H,1-8,15H2,(H2,16,17,20,21). The molecule has 2 aliphatic heterocycles. The third kappa shape index (κ3) is 2.62. The first-order valence-corrected chi connectivity index (χ1v) is 7.68. The Morgan fingerprint density at radius 3 is 2.57 bits per heavy atom. The first kappa shape index (κ1) is 14.3. The zero-order valence-electron chi connectivity index (χ0n) is 12.1. The smallest absolute Gasteiger partial charge is 0.322 e. The Labute approximate surface area is 123 Å². The molecule has 21 heavy (non-hydrogen) atoms. The molecule has 2 heterocycles. The van der Waals surface area contributed by atoms with Gasteiger partial charge in [-0.05, 0) is 38.5 Å². The van der Waals surface area contributed by atoms with Crippen molar-refractivity contribution in [3.05, 3.63) is 0 Å². The van der Waals surface area contributed by atoms with E-state index in [1.807, 2.05) is 0 Å². The van der Waals surface area contributed by atoms with E-state index in [0.29, 0.717) is 13.0 Å². The number of piperidine rings is 1. The number of nitrogens with zero attached hydrogens (tertiary/aromatic N) is 1. The molecule has 7 heteroatoms. The predicted molar refractivity (Wildman–Crippen MR) is 75.2 cm³/mol. The number of carbonyl (C=O) groups excluding carboxylic acids is 3. The van der Waals surface area contributed by atoms with Gasteiger partial charge in [0, 0.05) is 18.5 Å². The lowest BCUT2D eigenvalue weighted by atomic mass is 9.83. The fourth-order valence-electron chi connectivity index (χ4n) is 3.68. The van der Waals surface area contributed by atoms with E-state index in [2.05, 4.69) is 10.6 Å². The van der Waals surface area contributed by atoms with E-state index in [1.165, 1.54) is 0 Å². The second-order valence-corrected chi connectivity index (χ2v) is 6.47. The van der Waals surface area contributed by atoms with Gasteiger partial charge in [0.2, 0.25) is 5.91 Å². The minimum atomic E-state index is -0.921. The molecule has 116 valence electrons. The highest BCUT2D eigenvalue weighted by atomic mass is 16.2. The molecule has 2 saturated heterocycles. The number of hydrogen-bond donors (Lipinski definition) is 3. The molecule has 0 bridgehead atoms. The lowest BCUT2D eigenvalue weighted by molar-refractivity contribution is -0.140. The maximum atomic E-state index is 12.6. The van der Waals surface area contributed by atoms with Gasteiger partial charge in [-0.3, -0.25) is 14.9 Å². The quantitative estimate of drug-likeness (QED) is 0.578. The van der Waals surface area contributed by atoms with Gasteiger partial charge in [-0.15, -0.1) is 0 Å². The van der Waals surface area contributed by atoms with Crippen LogP contribution in [-0.4, -0.2) is 47.4 Å². The zero-order valence-corrected chi connectivity index (χ0v) is 12.1. The van der Waals surface area contributed by atoms with E-state index in [1.54, 1.807) is 4.90 Å². The number of amides is 4. The zero-order chi connectivity index (χ0) is 15.0. The Morgan fingerprint density at radius 1 is 1.24 bits per heavy atom. The summed E-state index contributed by atoms with van der Waals surface area (Å²) in [7, 11) is 0. The summed E-state index contributed by atoms with van der Waals surface area (Å²) in [6, 6.07) is -0.250. The average Bonchev–Trinajstić information content (AvgIpc) is 2.73. The molecular formula is C14H22N4O3. The van der Waals surface area contributed by atoms with Crippen LogP contribution in [0.5, 0.6) is 0 Å². The van der Waals surface area contributed by atoms with Crippen molar-refractivity contribution in [1.29, 1.82) is 0 Å². The molecule has 3 rings (SSSR count). The highest BCUT2D eigenvalue weighted by Crippen LogP contribution is 2.29. The maximum absolute atomic E-state index is 12.6. The molecule has 1 unspecified atom stereocenters. The maximum Gasteiger partial charge on any atom is 0.322 e. The molecule has 0 radical (unpaired) electrons. The minimum absolute atomic E-state index is 0.0140. The van der Waals surface area contributed by atoms with Crippen molar-refractivity contribution < 1.29 is 14.4 Å². The van der Waals surface area contributed by atoms with E-state index in [4.69, 9.17) is 5.73 Å². The van der Waals surface area contributed by atoms with Crippen LogP contribution >= 0.6 is 0 Å². The molecule has 7 nitrogen and oxygen atoms in total. The van der Waals surface area contributed by atoms with Crippen LogP contribution in [0.3, 0.4) is 0 Å². The first-order valence-electron chi connectivity index (χ1n) is 7.68. The van der Waals surface area contributed by atoms with Crippen molar-refractivity contribution in [1.82, 2.24) is 15.5 Å². The summed E-state index contributed by atoms with van der Waals surface area (Å²) in [6.45, 7) is 0.943. The van der Waals surface area contributed by atoms with Gasteiger partial charge in [0.25, 0.3) is 5.91 Å². The van der Waals surface area contributed by atoms with Crippen LogP contribution < -0.4 is 16.4 Å². The Hall–Kier alpha value is -1.63. The summed E-state index contributed by atoms with van der Waals surface area (Å²) in [5.74, 6) is -0.189. The number of hydrogen-bond acceptors (Lipinski definition) is 4. The largest absolute Gasteiger partial charge is 0.340 e. The minimum Gasteiger partial charge on any atom is -0.340 e. The molecule has 4 amide bonds. The normalized spacial score (nSPS) is 36.5. The topological polar surface area (TPSA) is 105 Å². The first-order chi connectivity index (χ1) is 10.00. The SMILES string of the molecule is NC1CCC(C(=O)N2CCCC3(C2)NC(=O)NC3=O)CC1. The fourth-order valence-corrected chi connectivity index (χ4v) is 3.68. The van der Waals surface area contributed by atoms with Gasteiger partial charge < -0.3 is 16.0 Å². The van der Waals surface area contributed by atoms with Crippen LogP contribution in [0.15, 0.2) is 0 Å². The summed E-state index contributed by atoms with van der Waals surface area (Å²) in [5.41, 5.74) is 4.96. The molecule has 0 aromatic heterocycles. The molecule has 0 aromatic carbocycles. The Kier molecular flexibility index (Phi) is 3.61. The highest BCUT2D eigenvalue weighted by molar-refractivity contribution is 6.07. The Morgan fingerprint density at radius 2 is 1.95 bits per heavy atom. The fraction of sp³-hybridized carbons (Fsp3) is 0.786. The van der Waals surface area contributed by atoms with Crippen molar-refractivity contribution in [3.63, 3.8) is 0 Å². The molecule has 0 aromatic rings. The van der Waals surface area contributed by atoms with E-state index in [0.717, 1.165) is 32.1 Å². The van der Waals surface area contributed by atoms with Gasteiger partial charge in [0.05, 0.1) is 6.54 Å². The van der Waals surface area contributed by atoms with Gasteiger partial charge in [-0.2, -0.15) is 0 Å².